The van der Waals surface area contributed by atoms with Gasteiger partial charge in [-0.3, -0.25) is 9.78 Å². The van der Waals surface area contributed by atoms with Gasteiger partial charge in [-0.15, -0.1) is 0 Å². The van der Waals surface area contributed by atoms with Crippen LogP contribution in [0.5, 0.6) is 5.95 Å². The van der Waals surface area contributed by atoms with Gasteiger partial charge < -0.3 is 18.6 Å². The number of amides is 1. The van der Waals surface area contributed by atoms with Crippen LogP contribution in [0, 0.1) is 0 Å². The van der Waals surface area contributed by atoms with E-state index in [0.29, 0.717) is 37.3 Å². The summed E-state index contributed by atoms with van der Waals surface area (Å²) < 4.78 is 12.6. The molecule has 1 fully saturated rings. The highest BCUT2D eigenvalue weighted by Gasteiger charge is 2.28. The van der Waals surface area contributed by atoms with Crippen LogP contribution < -0.4 is 4.74 Å². The number of piperidine rings is 1. The van der Waals surface area contributed by atoms with Crippen LogP contribution in [-0.4, -0.2) is 45.5 Å². The Balaban J connectivity index is 1.40. The average molecular weight is 366 g/mol. The van der Waals surface area contributed by atoms with Gasteiger partial charge in [0.2, 0.25) is 0 Å². The SMILES string of the molecule is COc1ccc(C(=O)N2CCC(c3nccn3Cc3ccccn3)CC2)o1. The molecule has 0 spiro atoms. The second kappa shape index (κ2) is 7.65. The number of carbonyl (C=O) groups excluding carboxylic acids is 1. The lowest BCUT2D eigenvalue weighted by Gasteiger charge is -2.31. The number of likely N-dealkylation sites (tertiary alicyclic amines) is 1. The monoisotopic (exact) mass is 366 g/mol. The smallest absolute Gasteiger partial charge is 0.289 e. The Hall–Kier alpha value is -3.09. The fourth-order valence-electron chi connectivity index (χ4n) is 3.52. The van der Waals surface area contributed by atoms with Crippen LogP contribution in [0.15, 0.2) is 53.3 Å². The van der Waals surface area contributed by atoms with Crippen molar-refractivity contribution in [2.24, 2.45) is 0 Å². The first-order valence-electron chi connectivity index (χ1n) is 9.08. The molecule has 7 nitrogen and oxygen atoms in total. The van der Waals surface area contributed by atoms with Gasteiger partial charge in [-0.25, -0.2) is 4.98 Å². The number of hydrogen-bond acceptors (Lipinski definition) is 5. The number of hydrogen-bond donors (Lipinski definition) is 0. The summed E-state index contributed by atoms with van der Waals surface area (Å²) >= 11 is 0. The lowest BCUT2D eigenvalue weighted by Crippen LogP contribution is -2.38. The summed E-state index contributed by atoms with van der Waals surface area (Å²) in [4.78, 5) is 23.4. The molecule has 0 atom stereocenters. The van der Waals surface area contributed by atoms with E-state index in [2.05, 4.69) is 14.5 Å². The Morgan fingerprint density at radius 3 is 2.74 bits per heavy atom. The predicted octanol–water partition coefficient (Wildman–Crippen LogP) is 2.95. The van der Waals surface area contributed by atoms with Crippen LogP contribution in [0.25, 0.3) is 0 Å². The Kier molecular flexibility index (Phi) is 4.91. The van der Waals surface area contributed by atoms with E-state index in [1.807, 2.05) is 35.5 Å². The Bertz CT molecular complexity index is 895. The molecule has 0 bridgehead atoms. The molecule has 140 valence electrons. The van der Waals surface area contributed by atoms with Crippen molar-refractivity contribution >= 4 is 5.91 Å². The van der Waals surface area contributed by atoms with Gasteiger partial charge in [0.25, 0.3) is 11.9 Å². The van der Waals surface area contributed by atoms with Gasteiger partial charge in [0.15, 0.2) is 5.76 Å². The Labute approximate surface area is 157 Å². The van der Waals surface area contributed by atoms with Gasteiger partial charge in [0.05, 0.1) is 19.3 Å². The Morgan fingerprint density at radius 2 is 2.04 bits per heavy atom. The molecule has 0 N–H and O–H groups in total. The molecule has 27 heavy (non-hydrogen) atoms. The molecule has 7 heteroatoms. The molecule has 0 aromatic carbocycles. The maximum atomic E-state index is 12.6. The summed E-state index contributed by atoms with van der Waals surface area (Å²) in [6, 6.07) is 9.25. The maximum absolute atomic E-state index is 12.6. The number of carbonyl (C=O) groups is 1. The van der Waals surface area contributed by atoms with Gasteiger partial charge in [-0.1, -0.05) is 6.07 Å². The molecular weight excluding hydrogens is 344 g/mol. The lowest BCUT2D eigenvalue weighted by atomic mass is 9.95. The van der Waals surface area contributed by atoms with E-state index < -0.39 is 0 Å². The molecule has 1 amide bonds. The number of aromatic nitrogens is 3. The number of ether oxygens (including phenoxy) is 1. The quantitative estimate of drug-likeness (QED) is 0.694. The molecule has 0 saturated carbocycles. The van der Waals surface area contributed by atoms with Crippen LogP contribution in [0.2, 0.25) is 0 Å². The van der Waals surface area contributed by atoms with Crippen molar-refractivity contribution in [1.29, 1.82) is 0 Å². The highest BCUT2D eigenvalue weighted by atomic mass is 16.6. The fraction of sp³-hybridized carbons (Fsp3) is 0.350. The van der Waals surface area contributed by atoms with Gasteiger partial charge in [0, 0.05) is 43.7 Å². The molecule has 1 aliphatic rings. The third-order valence-electron chi connectivity index (χ3n) is 4.95. The summed E-state index contributed by atoms with van der Waals surface area (Å²) in [7, 11) is 1.52. The van der Waals surface area contributed by atoms with E-state index in [9.17, 15) is 4.79 Å². The molecule has 3 aromatic heterocycles. The van der Waals surface area contributed by atoms with Crippen molar-refractivity contribution in [2.45, 2.75) is 25.3 Å². The number of furan rings is 1. The molecule has 0 radical (unpaired) electrons. The average Bonchev–Trinajstić information content (AvgIpc) is 3.38. The Morgan fingerprint density at radius 1 is 1.19 bits per heavy atom. The van der Waals surface area contributed by atoms with E-state index in [1.54, 1.807) is 18.3 Å². The normalized spacial score (nSPS) is 15.1. The minimum Gasteiger partial charge on any atom is -0.468 e. The largest absolute Gasteiger partial charge is 0.468 e. The molecule has 4 heterocycles. The standard InChI is InChI=1S/C20H22N4O3/c1-26-18-6-5-17(27-18)20(25)23-11-7-15(8-12-23)19-22-10-13-24(19)14-16-4-2-3-9-21-16/h2-6,9-10,13,15H,7-8,11-12,14H2,1H3. The zero-order chi connectivity index (χ0) is 18.6. The number of imidazole rings is 1. The number of pyridine rings is 1. The minimum absolute atomic E-state index is 0.0893. The van der Waals surface area contributed by atoms with Crippen molar-refractivity contribution in [1.82, 2.24) is 19.4 Å². The zero-order valence-electron chi connectivity index (χ0n) is 15.2. The van der Waals surface area contributed by atoms with E-state index in [4.69, 9.17) is 9.15 Å². The minimum atomic E-state index is -0.0893. The molecule has 1 saturated heterocycles. The number of rotatable bonds is 5. The third-order valence-corrected chi connectivity index (χ3v) is 4.95. The second-order valence-corrected chi connectivity index (χ2v) is 6.62. The highest BCUT2D eigenvalue weighted by Crippen LogP contribution is 2.28. The van der Waals surface area contributed by atoms with Crippen LogP contribution in [0.3, 0.4) is 0 Å². The number of methoxy groups -OCH3 is 1. The van der Waals surface area contributed by atoms with E-state index >= 15 is 0 Å². The summed E-state index contributed by atoms with van der Waals surface area (Å²) in [5.41, 5.74) is 1.01. The first-order chi connectivity index (χ1) is 13.2. The van der Waals surface area contributed by atoms with E-state index in [1.165, 1.54) is 7.11 Å². The molecule has 4 rings (SSSR count). The number of nitrogens with zero attached hydrogens (tertiary/aromatic N) is 4. The van der Waals surface area contributed by atoms with Gasteiger partial charge in [-0.05, 0) is 31.0 Å². The van der Waals surface area contributed by atoms with Gasteiger partial charge in [0.1, 0.15) is 5.82 Å². The first-order valence-corrected chi connectivity index (χ1v) is 9.08. The summed E-state index contributed by atoms with van der Waals surface area (Å²) in [6.07, 6.45) is 7.40. The third kappa shape index (κ3) is 3.72. The first kappa shape index (κ1) is 17.3. The van der Waals surface area contributed by atoms with E-state index in [0.717, 1.165) is 24.4 Å². The van der Waals surface area contributed by atoms with Crippen LogP contribution in [-0.2, 0) is 6.54 Å². The maximum Gasteiger partial charge on any atom is 0.289 e. The summed E-state index contributed by atoms with van der Waals surface area (Å²) in [5.74, 6) is 1.98. The van der Waals surface area contributed by atoms with Gasteiger partial charge >= 0.3 is 0 Å². The summed E-state index contributed by atoms with van der Waals surface area (Å²) in [5, 5.41) is 0. The van der Waals surface area contributed by atoms with Crippen LogP contribution in [0.1, 0.15) is 40.8 Å². The van der Waals surface area contributed by atoms with Crippen molar-refractivity contribution in [3.8, 4) is 5.95 Å². The van der Waals surface area contributed by atoms with Crippen molar-refractivity contribution in [2.75, 3.05) is 20.2 Å². The van der Waals surface area contributed by atoms with E-state index in [-0.39, 0.29) is 5.91 Å². The second-order valence-electron chi connectivity index (χ2n) is 6.62. The molecule has 3 aromatic rings. The van der Waals surface area contributed by atoms with Crippen LogP contribution in [0.4, 0.5) is 0 Å². The van der Waals surface area contributed by atoms with Crippen molar-refractivity contribution in [3.63, 3.8) is 0 Å². The van der Waals surface area contributed by atoms with Crippen molar-refractivity contribution in [3.05, 3.63) is 66.2 Å². The van der Waals surface area contributed by atoms with Gasteiger partial charge in [-0.2, -0.15) is 0 Å². The zero-order valence-corrected chi connectivity index (χ0v) is 15.2. The lowest BCUT2D eigenvalue weighted by molar-refractivity contribution is 0.0672. The van der Waals surface area contributed by atoms with Crippen molar-refractivity contribution < 1.29 is 13.9 Å². The molecule has 1 aliphatic heterocycles. The summed E-state index contributed by atoms with van der Waals surface area (Å²) in [6.45, 7) is 2.08. The molecular formula is C20H22N4O3. The van der Waals surface area contributed by atoms with Crippen LogP contribution >= 0.6 is 0 Å². The fourth-order valence-corrected chi connectivity index (χ4v) is 3.52. The predicted molar refractivity (Wildman–Crippen MR) is 98.7 cm³/mol. The molecule has 0 unspecified atom stereocenters. The topological polar surface area (TPSA) is 73.4 Å². The molecule has 0 aliphatic carbocycles. The highest BCUT2D eigenvalue weighted by molar-refractivity contribution is 5.91.